The molecule has 2 aromatic rings. The van der Waals surface area contributed by atoms with Crippen molar-refractivity contribution in [3.63, 3.8) is 0 Å². The molecule has 0 bridgehead atoms. The van der Waals surface area contributed by atoms with Crippen LogP contribution in [0, 0.1) is 0 Å². The number of para-hydroxylation sites is 1. The van der Waals surface area contributed by atoms with Gasteiger partial charge in [-0.25, -0.2) is 8.42 Å². The molecular weight excluding hydrogens is 318 g/mol. The quantitative estimate of drug-likeness (QED) is 0.862. The van der Waals surface area contributed by atoms with Gasteiger partial charge in [0.05, 0.1) is 6.04 Å². The molecule has 118 valence electrons. The van der Waals surface area contributed by atoms with E-state index in [-0.39, 0.29) is 6.04 Å². The van der Waals surface area contributed by atoms with Crippen molar-refractivity contribution in [2.24, 2.45) is 0 Å². The third-order valence-corrected chi connectivity index (χ3v) is 7.59. The second kappa shape index (κ2) is 6.02. The number of hydrogen-bond donors (Lipinski definition) is 0. The zero-order chi connectivity index (χ0) is 15.7. The van der Waals surface area contributed by atoms with Crippen LogP contribution < -0.4 is 4.74 Å². The van der Waals surface area contributed by atoms with Crippen LogP contribution in [0.15, 0.2) is 40.6 Å². The lowest BCUT2D eigenvalue weighted by molar-refractivity contribution is 0.278. The third-order valence-electron chi connectivity index (χ3n) is 3.92. The number of aryl methyl sites for hydroxylation is 1. The minimum absolute atomic E-state index is 0.240. The summed E-state index contributed by atoms with van der Waals surface area (Å²) >= 11 is 1.35. The molecule has 22 heavy (non-hydrogen) atoms. The first-order chi connectivity index (χ1) is 10.5. The maximum absolute atomic E-state index is 13.0. The molecule has 0 spiro atoms. The van der Waals surface area contributed by atoms with E-state index >= 15 is 0 Å². The highest BCUT2D eigenvalue weighted by Crippen LogP contribution is 2.36. The third kappa shape index (κ3) is 2.66. The van der Waals surface area contributed by atoms with Gasteiger partial charge < -0.3 is 4.74 Å². The van der Waals surface area contributed by atoms with Gasteiger partial charge in [0, 0.05) is 17.0 Å². The van der Waals surface area contributed by atoms with Crippen molar-refractivity contribution in [2.75, 3.05) is 13.2 Å². The number of thiophene rings is 1. The fraction of sp³-hybridized carbons (Fsp3) is 0.375. The van der Waals surface area contributed by atoms with Crippen LogP contribution in [0.4, 0.5) is 0 Å². The van der Waals surface area contributed by atoms with E-state index in [0.29, 0.717) is 17.4 Å². The molecule has 0 amide bonds. The molecule has 0 saturated heterocycles. The normalized spacial score (nSPS) is 19.3. The Morgan fingerprint density at radius 3 is 2.77 bits per heavy atom. The number of nitrogens with zero attached hydrogens (tertiary/aromatic N) is 1. The molecule has 3 rings (SSSR count). The Hall–Kier alpha value is -1.37. The monoisotopic (exact) mass is 337 g/mol. The summed E-state index contributed by atoms with van der Waals surface area (Å²) in [5.41, 5.74) is 0.913. The smallest absolute Gasteiger partial charge is 0.253 e. The molecule has 0 saturated carbocycles. The zero-order valence-electron chi connectivity index (χ0n) is 12.7. The molecule has 1 aliphatic rings. The summed E-state index contributed by atoms with van der Waals surface area (Å²) in [7, 11) is -3.49. The molecular formula is C16H19NO3S2. The lowest BCUT2D eigenvalue weighted by Gasteiger charge is -2.25. The van der Waals surface area contributed by atoms with Crippen LogP contribution in [0.25, 0.3) is 0 Å². The first-order valence-electron chi connectivity index (χ1n) is 7.36. The van der Waals surface area contributed by atoms with E-state index in [1.165, 1.54) is 11.3 Å². The summed E-state index contributed by atoms with van der Waals surface area (Å²) < 4.78 is 33.6. The highest BCUT2D eigenvalue weighted by Gasteiger charge is 2.33. The molecule has 1 atom stereocenters. The Balaban J connectivity index is 2.00. The van der Waals surface area contributed by atoms with Gasteiger partial charge in [-0.1, -0.05) is 25.1 Å². The van der Waals surface area contributed by atoms with Gasteiger partial charge in [-0.05, 0) is 31.5 Å². The van der Waals surface area contributed by atoms with Gasteiger partial charge >= 0.3 is 0 Å². The minimum atomic E-state index is -3.49. The number of benzene rings is 1. The van der Waals surface area contributed by atoms with Gasteiger partial charge in [-0.3, -0.25) is 0 Å². The summed E-state index contributed by atoms with van der Waals surface area (Å²) in [5, 5.41) is 0. The molecule has 4 nitrogen and oxygen atoms in total. The summed E-state index contributed by atoms with van der Waals surface area (Å²) in [6.45, 7) is 4.67. The van der Waals surface area contributed by atoms with Gasteiger partial charge in [0.25, 0.3) is 10.0 Å². The predicted molar refractivity (Wildman–Crippen MR) is 87.9 cm³/mol. The Labute approximate surface area is 135 Å². The topological polar surface area (TPSA) is 46.6 Å². The van der Waals surface area contributed by atoms with Crippen LogP contribution in [0.5, 0.6) is 5.75 Å². The van der Waals surface area contributed by atoms with E-state index < -0.39 is 10.0 Å². The van der Waals surface area contributed by atoms with E-state index in [9.17, 15) is 8.42 Å². The van der Waals surface area contributed by atoms with Crippen molar-refractivity contribution in [1.29, 1.82) is 0 Å². The van der Waals surface area contributed by atoms with E-state index in [4.69, 9.17) is 4.74 Å². The summed E-state index contributed by atoms with van der Waals surface area (Å²) in [6, 6.07) is 11.0. The summed E-state index contributed by atoms with van der Waals surface area (Å²) in [6.07, 6.45) is 0.849. The average molecular weight is 337 g/mol. The van der Waals surface area contributed by atoms with Crippen LogP contribution in [0.1, 0.15) is 30.3 Å². The molecule has 1 aromatic heterocycles. The lowest BCUT2D eigenvalue weighted by Crippen LogP contribution is -2.34. The second-order valence-corrected chi connectivity index (χ2v) is 8.54. The maximum atomic E-state index is 13.0. The predicted octanol–water partition coefficient (Wildman–Crippen LogP) is 3.45. The SMILES string of the molecule is CCc1ccc(S(=O)(=O)N2CCOc3ccccc3C2C)s1. The van der Waals surface area contributed by atoms with Gasteiger partial charge in [0.1, 0.15) is 16.6 Å². The van der Waals surface area contributed by atoms with Gasteiger partial charge in [0.15, 0.2) is 0 Å². The maximum Gasteiger partial charge on any atom is 0.253 e. The van der Waals surface area contributed by atoms with Crippen LogP contribution in [0.2, 0.25) is 0 Å². The van der Waals surface area contributed by atoms with E-state index in [1.807, 2.05) is 44.2 Å². The molecule has 0 fully saturated rings. The lowest BCUT2D eigenvalue weighted by atomic mass is 10.1. The number of rotatable bonds is 3. The van der Waals surface area contributed by atoms with Gasteiger partial charge in [-0.15, -0.1) is 11.3 Å². The van der Waals surface area contributed by atoms with Crippen molar-refractivity contribution < 1.29 is 13.2 Å². The van der Waals surface area contributed by atoms with E-state index in [1.54, 1.807) is 10.4 Å². The molecule has 2 heterocycles. The van der Waals surface area contributed by atoms with Crippen molar-refractivity contribution in [1.82, 2.24) is 4.31 Å². The largest absolute Gasteiger partial charge is 0.492 e. The number of sulfonamides is 1. The fourth-order valence-electron chi connectivity index (χ4n) is 2.68. The van der Waals surface area contributed by atoms with Crippen LogP contribution >= 0.6 is 11.3 Å². The van der Waals surface area contributed by atoms with Crippen molar-refractivity contribution in [3.05, 3.63) is 46.8 Å². The number of ether oxygens (including phenoxy) is 1. The van der Waals surface area contributed by atoms with E-state index in [0.717, 1.165) is 22.6 Å². The molecule has 1 aromatic carbocycles. The summed E-state index contributed by atoms with van der Waals surface area (Å²) in [4.78, 5) is 1.08. The highest BCUT2D eigenvalue weighted by molar-refractivity contribution is 7.91. The van der Waals surface area contributed by atoms with Crippen LogP contribution in [0.3, 0.4) is 0 Å². The van der Waals surface area contributed by atoms with Crippen LogP contribution in [-0.4, -0.2) is 25.9 Å². The molecule has 0 radical (unpaired) electrons. The summed E-state index contributed by atoms with van der Waals surface area (Å²) in [5.74, 6) is 0.771. The Kier molecular flexibility index (Phi) is 4.25. The van der Waals surface area contributed by atoms with Gasteiger partial charge in [0.2, 0.25) is 0 Å². The van der Waals surface area contributed by atoms with Crippen molar-refractivity contribution in [2.45, 2.75) is 30.5 Å². The van der Waals surface area contributed by atoms with E-state index in [2.05, 4.69) is 0 Å². The van der Waals surface area contributed by atoms with Crippen LogP contribution in [-0.2, 0) is 16.4 Å². The second-order valence-electron chi connectivity index (χ2n) is 5.25. The molecule has 0 N–H and O–H groups in total. The molecule has 0 aliphatic carbocycles. The fourth-order valence-corrected chi connectivity index (χ4v) is 5.70. The highest BCUT2D eigenvalue weighted by atomic mass is 32.2. The molecule has 1 aliphatic heterocycles. The minimum Gasteiger partial charge on any atom is -0.492 e. The van der Waals surface area contributed by atoms with Crippen molar-refractivity contribution >= 4 is 21.4 Å². The molecule has 6 heteroatoms. The first-order valence-corrected chi connectivity index (χ1v) is 9.62. The Morgan fingerprint density at radius 2 is 2.05 bits per heavy atom. The number of fused-ring (bicyclic) bond motifs is 1. The first kappa shape index (κ1) is 15.5. The van der Waals surface area contributed by atoms with Gasteiger partial charge in [-0.2, -0.15) is 4.31 Å². The molecule has 1 unspecified atom stereocenters. The van der Waals surface area contributed by atoms with Crippen molar-refractivity contribution in [3.8, 4) is 5.75 Å². The Bertz CT molecular complexity index is 767. The number of hydrogen-bond acceptors (Lipinski definition) is 4. The standard InChI is InChI=1S/C16H19NO3S2/c1-3-13-8-9-16(21-13)22(18,19)17-10-11-20-15-7-5-4-6-14(15)12(17)2/h4-9,12H,3,10-11H2,1-2H3. The average Bonchev–Trinajstić information content (AvgIpc) is 2.94. The Morgan fingerprint density at radius 1 is 1.27 bits per heavy atom. The zero-order valence-corrected chi connectivity index (χ0v) is 14.3.